The van der Waals surface area contributed by atoms with Gasteiger partial charge in [-0.2, -0.15) is 0 Å². The number of hydrogen-bond acceptors (Lipinski definition) is 3. The molecular formula is C19H18N2O. The molecule has 1 aliphatic heterocycles. The summed E-state index contributed by atoms with van der Waals surface area (Å²) in [5, 5.41) is 5.72. The van der Waals surface area contributed by atoms with Crippen LogP contribution in [0.2, 0.25) is 0 Å². The Kier molecular flexibility index (Phi) is 3.19. The first kappa shape index (κ1) is 13.1. The quantitative estimate of drug-likeness (QED) is 0.793. The second kappa shape index (κ2) is 5.34. The van der Waals surface area contributed by atoms with Crippen molar-refractivity contribution in [3.8, 4) is 0 Å². The number of rotatable bonds is 3. The number of benzene rings is 2. The summed E-state index contributed by atoms with van der Waals surface area (Å²) in [5.41, 5.74) is 3.79. The molecule has 1 atom stereocenters. The molecule has 22 heavy (non-hydrogen) atoms. The summed E-state index contributed by atoms with van der Waals surface area (Å²) in [4.78, 5) is 4.58. The monoisotopic (exact) mass is 290 g/mol. The molecule has 2 aromatic carbocycles. The molecule has 0 aliphatic carbocycles. The minimum Gasteiger partial charge on any atom is -0.471 e. The van der Waals surface area contributed by atoms with Gasteiger partial charge in [-0.15, -0.1) is 0 Å². The molecule has 1 aliphatic rings. The van der Waals surface area contributed by atoms with Gasteiger partial charge < -0.3 is 9.73 Å². The van der Waals surface area contributed by atoms with Crippen LogP contribution < -0.4 is 5.32 Å². The van der Waals surface area contributed by atoms with E-state index in [2.05, 4.69) is 59.7 Å². The van der Waals surface area contributed by atoms with E-state index in [1.165, 1.54) is 22.1 Å². The highest BCUT2D eigenvalue weighted by molar-refractivity contribution is 6.01. The lowest BCUT2D eigenvalue weighted by molar-refractivity contribution is 0.572. The number of hydrogen-bond donors (Lipinski definition) is 1. The third kappa shape index (κ3) is 2.10. The lowest BCUT2D eigenvalue weighted by Crippen LogP contribution is -2.21. The Labute approximate surface area is 129 Å². The lowest BCUT2D eigenvalue weighted by Gasteiger charge is -2.18. The van der Waals surface area contributed by atoms with Crippen molar-refractivity contribution in [2.24, 2.45) is 4.99 Å². The summed E-state index contributed by atoms with van der Waals surface area (Å²) >= 11 is 0. The Balaban J connectivity index is 1.83. The Morgan fingerprint density at radius 2 is 1.91 bits per heavy atom. The van der Waals surface area contributed by atoms with Crippen LogP contribution in [0.4, 0.5) is 0 Å². The zero-order valence-electron chi connectivity index (χ0n) is 12.5. The molecule has 3 aromatic rings. The van der Waals surface area contributed by atoms with Crippen LogP contribution in [0.5, 0.6) is 0 Å². The molecule has 3 nitrogen and oxygen atoms in total. The SMILES string of the molecule is CC(c1ccccc1C1=NCCN1)c1cccc2cocc12. The van der Waals surface area contributed by atoms with E-state index >= 15 is 0 Å². The predicted molar refractivity (Wildman–Crippen MR) is 89.6 cm³/mol. The zero-order chi connectivity index (χ0) is 14.9. The summed E-state index contributed by atoms with van der Waals surface area (Å²) in [7, 11) is 0. The second-order valence-corrected chi connectivity index (χ2v) is 5.69. The molecule has 0 saturated carbocycles. The smallest absolute Gasteiger partial charge is 0.128 e. The molecule has 110 valence electrons. The molecule has 1 aromatic heterocycles. The van der Waals surface area contributed by atoms with E-state index in [9.17, 15) is 0 Å². The van der Waals surface area contributed by atoms with Crippen molar-refractivity contribution in [1.82, 2.24) is 5.32 Å². The van der Waals surface area contributed by atoms with Crippen molar-refractivity contribution in [2.45, 2.75) is 12.8 Å². The highest BCUT2D eigenvalue weighted by Gasteiger charge is 2.19. The van der Waals surface area contributed by atoms with Gasteiger partial charge in [0.25, 0.3) is 0 Å². The largest absolute Gasteiger partial charge is 0.471 e. The number of nitrogens with zero attached hydrogens (tertiary/aromatic N) is 1. The molecule has 1 unspecified atom stereocenters. The minimum absolute atomic E-state index is 0.280. The summed E-state index contributed by atoms with van der Waals surface area (Å²) in [6.45, 7) is 4.03. The molecule has 0 fully saturated rings. The summed E-state index contributed by atoms with van der Waals surface area (Å²) in [5.74, 6) is 1.30. The first-order valence-electron chi connectivity index (χ1n) is 7.67. The Bertz CT molecular complexity index is 847. The summed E-state index contributed by atoms with van der Waals surface area (Å²) in [6.07, 6.45) is 3.65. The molecule has 0 saturated heterocycles. The zero-order valence-corrected chi connectivity index (χ0v) is 12.5. The average molecular weight is 290 g/mol. The minimum atomic E-state index is 0.280. The molecule has 0 radical (unpaired) electrons. The van der Waals surface area contributed by atoms with E-state index in [-0.39, 0.29) is 5.92 Å². The van der Waals surface area contributed by atoms with Crippen molar-refractivity contribution in [2.75, 3.05) is 13.1 Å². The maximum atomic E-state index is 5.39. The average Bonchev–Trinajstić information content (AvgIpc) is 3.25. The van der Waals surface area contributed by atoms with Gasteiger partial charge in [0.1, 0.15) is 5.84 Å². The molecule has 1 N–H and O–H groups in total. The third-order valence-electron chi connectivity index (χ3n) is 4.38. The molecule has 2 heterocycles. The van der Waals surface area contributed by atoms with E-state index in [0.717, 1.165) is 24.3 Å². The van der Waals surface area contributed by atoms with Crippen molar-refractivity contribution in [1.29, 1.82) is 0 Å². The third-order valence-corrected chi connectivity index (χ3v) is 4.38. The van der Waals surface area contributed by atoms with Gasteiger partial charge in [0.2, 0.25) is 0 Å². The van der Waals surface area contributed by atoms with Gasteiger partial charge in [-0.1, -0.05) is 49.4 Å². The van der Waals surface area contributed by atoms with E-state index in [1.54, 1.807) is 6.26 Å². The van der Waals surface area contributed by atoms with Gasteiger partial charge >= 0.3 is 0 Å². The van der Waals surface area contributed by atoms with Gasteiger partial charge in [-0.25, -0.2) is 0 Å². The second-order valence-electron chi connectivity index (χ2n) is 5.69. The van der Waals surface area contributed by atoms with E-state index in [1.807, 2.05) is 6.26 Å². The number of furan rings is 1. The molecular weight excluding hydrogens is 272 g/mol. The van der Waals surface area contributed by atoms with Crippen LogP contribution in [0.25, 0.3) is 10.8 Å². The normalized spacial score (nSPS) is 15.6. The fourth-order valence-corrected chi connectivity index (χ4v) is 3.23. The van der Waals surface area contributed by atoms with Crippen LogP contribution in [0.15, 0.2) is 64.4 Å². The summed E-state index contributed by atoms with van der Waals surface area (Å²) in [6, 6.07) is 14.9. The lowest BCUT2D eigenvalue weighted by atomic mass is 9.87. The number of amidine groups is 1. The molecule has 0 amide bonds. The van der Waals surface area contributed by atoms with Crippen LogP contribution in [-0.4, -0.2) is 18.9 Å². The van der Waals surface area contributed by atoms with Crippen LogP contribution in [0, 0.1) is 0 Å². The van der Waals surface area contributed by atoms with E-state index in [4.69, 9.17) is 4.42 Å². The van der Waals surface area contributed by atoms with Gasteiger partial charge in [0.05, 0.1) is 19.1 Å². The van der Waals surface area contributed by atoms with Crippen molar-refractivity contribution in [3.05, 3.63) is 71.7 Å². The maximum Gasteiger partial charge on any atom is 0.128 e. The molecule has 3 heteroatoms. The number of nitrogens with one attached hydrogen (secondary N) is 1. The van der Waals surface area contributed by atoms with E-state index < -0.39 is 0 Å². The maximum absolute atomic E-state index is 5.39. The topological polar surface area (TPSA) is 37.5 Å². The summed E-state index contributed by atoms with van der Waals surface area (Å²) < 4.78 is 5.39. The predicted octanol–water partition coefficient (Wildman–Crippen LogP) is 3.93. The molecule has 0 spiro atoms. The highest BCUT2D eigenvalue weighted by atomic mass is 16.3. The standard InChI is InChI=1S/C19H18N2O/c1-13(16-8-4-5-14-11-22-12-18(14)16)15-6-2-3-7-17(15)19-20-9-10-21-19/h2-8,11-13H,9-10H2,1H3,(H,20,21). The first-order valence-corrected chi connectivity index (χ1v) is 7.67. The molecule has 0 bridgehead atoms. The van der Waals surface area contributed by atoms with Crippen molar-refractivity contribution >= 4 is 16.6 Å². The van der Waals surface area contributed by atoms with Gasteiger partial charge in [-0.3, -0.25) is 4.99 Å². The molecule has 4 rings (SSSR count). The van der Waals surface area contributed by atoms with Gasteiger partial charge in [-0.05, 0) is 11.1 Å². The fourth-order valence-electron chi connectivity index (χ4n) is 3.23. The van der Waals surface area contributed by atoms with Gasteiger partial charge in [0.15, 0.2) is 0 Å². The van der Waals surface area contributed by atoms with Gasteiger partial charge in [0, 0.05) is 28.8 Å². The number of aliphatic imine (C=N–C) groups is 1. The van der Waals surface area contributed by atoms with Crippen molar-refractivity contribution < 1.29 is 4.42 Å². The van der Waals surface area contributed by atoms with E-state index in [0.29, 0.717) is 0 Å². The van der Waals surface area contributed by atoms with Crippen LogP contribution >= 0.6 is 0 Å². The fraction of sp³-hybridized carbons (Fsp3) is 0.211. The highest BCUT2D eigenvalue weighted by Crippen LogP contribution is 2.32. The Morgan fingerprint density at radius 1 is 1.05 bits per heavy atom. The first-order chi connectivity index (χ1) is 10.8. The van der Waals surface area contributed by atoms with Crippen LogP contribution in [-0.2, 0) is 0 Å². The van der Waals surface area contributed by atoms with Crippen LogP contribution in [0.3, 0.4) is 0 Å². The van der Waals surface area contributed by atoms with Crippen LogP contribution in [0.1, 0.15) is 29.5 Å². The number of fused-ring (bicyclic) bond motifs is 1. The Hall–Kier alpha value is -2.55. The van der Waals surface area contributed by atoms with Crippen molar-refractivity contribution in [3.63, 3.8) is 0 Å². The Morgan fingerprint density at radius 3 is 2.77 bits per heavy atom.